The summed E-state index contributed by atoms with van der Waals surface area (Å²) in [5.41, 5.74) is 2.32. The second-order valence-corrected chi connectivity index (χ2v) is 4.51. The van der Waals surface area contributed by atoms with Crippen molar-refractivity contribution in [2.24, 2.45) is 0 Å². The zero-order chi connectivity index (χ0) is 12.5. The zero-order valence-electron chi connectivity index (χ0n) is 9.14. The molecular weight excluding hydrogens is 269 g/mol. The van der Waals surface area contributed by atoms with E-state index in [0.29, 0.717) is 15.9 Å². The summed E-state index contributed by atoms with van der Waals surface area (Å²) in [7, 11) is 0. The Bertz CT molecular complexity index is 728. The maximum absolute atomic E-state index is 6.01. The molecule has 2 aromatic heterocycles. The molecule has 0 saturated carbocycles. The first-order chi connectivity index (χ1) is 8.74. The van der Waals surface area contributed by atoms with Crippen LogP contribution in [-0.4, -0.2) is 15.2 Å². The minimum atomic E-state index is 0.294. The number of hydrogen-bond donors (Lipinski definition) is 0. The lowest BCUT2D eigenvalue weighted by Gasteiger charge is -2.04. The van der Waals surface area contributed by atoms with Crippen molar-refractivity contribution in [3.8, 4) is 11.3 Å². The van der Waals surface area contributed by atoms with Crippen LogP contribution in [0.2, 0.25) is 10.3 Å². The lowest BCUT2D eigenvalue weighted by Crippen LogP contribution is -1.90. The third-order valence-electron chi connectivity index (χ3n) is 2.59. The van der Waals surface area contributed by atoms with Crippen LogP contribution in [-0.2, 0) is 0 Å². The van der Waals surface area contributed by atoms with Crippen molar-refractivity contribution in [3.63, 3.8) is 0 Å². The van der Waals surface area contributed by atoms with Gasteiger partial charge in [-0.3, -0.25) is 0 Å². The number of fused-ring (bicyclic) bond motifs is 1. The Morgan fingerprint density at radius 1 is 0.889 bits per heavy atom. The van der Waals surface area contributed by atoms with Crippen LogP contribution in [0, 0.1) is 0 Å². The van der Waals surface area contributed by atoms with Gasteiger partial charge in [0.1, 0.15) is 0 Å². The summed E-state index contributed by atoms with van der Waals surface area (Å²) in [6, 6.07) is 13.4. The summed E-state index contributed by atoms with van der Waals surface area (Å²) < 4.78 is 0. The predicted molar refractivity (Wildman–Crippen MR) is 72.8 cm³/mol. The Kier molecular flexibility index (Phi) is 2.86. The second-order valence-electron chi connectivity index (χ2n) is 3.76. The molecule has 0 atom stereocenters. The molecule has 0 N–H and O–H groups in total. The van der Waals surface area contributed by atoms with Crippen molar-refractivity contribution >= 4 is 34.1 Å². The molecule has 0 fully saturated rings. The summed E-state index contributed by atoms with van der Waals surface area (Å²) in [5, 5.41) is 9.13. The van der Waals surface area contributed by atoms with Crippen molar-refractivity contribution in [1.82, 2.24) is 15.2 Å². The normalized spacial score (nSPS) is 10.8. The van der Waals surface area contributed by atoms with Crippen molar-refractivity contribution in [2.75, 3.05) is 0 Å². The Hall–Kier alpha value is -1.71. The molecule has 0 radical (unpaired) electrons. The molecule has 18 heavy (non-hydrogen) atoms. The number of nitrogens with zero attached hydrogens (tertiary/aromatic N) is 3. The van der Waals surface area contributed by atoms with E-state index >= 15 is 0 Å². The van der Waals surface area contributed by atoms with E-state index in [2.05, 4.69) is 15.2 Å². The standard InChI is InChI=1S/C13H7Cl2N3/c14-12-7-9(13(15)18-17-12)11-6-5-8-3-1-2-4-10(8)16-11/h1-7H. The topological polar surface area (TPSA) is 38.7 Å². The minimum absolute atomic E-state index is 0.294. The summed E-state index contributed by atoms with van der Waals surface area (Å²) >= 11 is 11.8. The van der Waals surface area contributed by atoms with Gasteiger partial charge in [-0.05, 0) is 18.2 Å². The Labute approximate surface area is 113 Å². The average molecular weight is 276 g/mol. The van der Waals surface area contributed by atoms with E-state index in [9.17, 15) is 0 Å². The van der Waals surface area contributed by atoms with Crippen LogP contribution in [0.15, 0.2) is 42.5 Å². The van der Waals surface area contributed by atoms with Gasteiger partial charge in [-0.1, -0.05) is 47.5 Å². The van der Waals surface area contributed by atoms with E-state index in [0.717, 1.165) is 16.6 Å². The number of halogens is 2. The fraction of sp³-hybridized carbons (Fsp3) is 0. The van der Waals surface area contributed by atoms with Gasteiger partial charge in [0.15, 0.2) is 10.3 Å². The number of hydrogen-bond acceptors (Lipinski definition) is 3. The van der Waals surface area contributed by atoms with E-state index in [1.165, 1.54) is 0 Å². The third-order valence-corrected chi connectivity index (χ3v) is 3.06. The van der Waals surface area contributed by atoms with Crippen LogP contribution in [0.1, 0.15) is 0 Å². The molecule has 3 nitrogen and oxygen atoms in total. The van der Waals surface area contributed by atoms with E-state index < -0.39 is 0 Å². The van der Waals surface area contributed by atoms with Gasteiger partial charge in [-0.25, -0.2) is 4.98 Å². The first kappa shape index (κ1) is 11.4. The molecule has 3 rings (SSSR count). The minimum Gasteiger partial charge on any atom is -0.248 e. The monoisotopic (exact) mass is 275 g/mol. The third kappa shape index (κ3) is 2.03. The quantitative estimate of drug-likeness (QED) is 0.674. The highest BCUT2D eigenvalue weighted by Crippen LogP contribution is 2.27. The van der Waals surface area contributed by atoms with Gasteiger partial charge in [0, 0.05) is 10.9 Å². The molecular formula is C13H7Cl2N3. The fourth-order valence-electron chi connectivity index (χ4n) is 1.75. The Balaban J connectivity index is 2.22. The van der Waals surface area contributed by atoms with Gasteiger partial charge in [0.25, 0.3) is 0 Å². The first-order valence-electron chi connectivity index (χ1n) is 5.29. The predicted octanol–water partition coefficient (Wildman–Crippen LogP) is 4.00. The molecule has 1 aromatic carbocycles. The number of aromatic nitrogens is 3. The molecule has 0 saturated heterocycles. The van der Waals surface area contributed by atoms with E-state index in [1.54, 1.807) is 6.07 Å². The molecule has 3 aromatic rings. The fourth-order valence-corrected chi connectivity index (χ4v) is 2.08. The lowest BCUT2D eigenvalue weighted by atomic mass is 10.1. The smallest absolute Gasteiger partial charge is 0.161 e. The van der Waals surface area contributed by atoms with E-state index in [1.807, 2.05) is 36.4 Å². The van der Waals surface area contributed by atoms with Gasteiger partial charge >= 0.3 is 0 Å². The van der Waals surface area contributed by atoms with E-state index in [-0.39, 0.29) is 0 Å². The van der Waals surface area contributed by atoms with Gasteiger partial charge < -0.3 is 0 Å². The summed E-state index contributed by atoms with van der Waals surface area (Å²) in [6.45, 7) is 0. The number of para-hydroxylation sites is 1. The highest BCUT2D eigenvalue weighted by atomic mass is 35.5. The Morgan fingerprint density at radius 3 is 2.61 bits per heavy atom. The van der Waals surface area contributed by atoms with Crippen LogP contribution in [0.25, 0.3) is 22.2 Å². The average Bonchev–Trinajstić information content (AvgIpc) is 2.41. The van der Waals surface area contributed by atoms with Crippen molar-refractivity contribution in [2.45, 2.75) is 0 Å². The molecule has 88 valence electrons. The molecule has 0 spiro atoms. The van der Waals surface area contributed by atoms with Crippen molar-refractivity contribution in [3.05, 3.63) is 52.8 Å². The number of pyridine rings is 1. The number of benzene rings is 1. The molecule has 0 unspecified atom stereocenters. The van der Waals surface area contributed by atoms with Gasteiger partial charge in [-0.15, -0.1) is 10.2 Å². The van der Waals surface area contributed by atoms with Crippen LogP contribution < -0.4 is 0 Å². The number of rotatable bonds is 1. The second kappa shape index (κ2) is 4.52. The maximum Gasteiger partial charge on any atom is 0.161 e. The molecule has 0 aliphatic rings. The van der Waals surface area contributed by atoms with Crippen LogP contribution in [0.4, 0.5) is 0 Å². The molecule has 5 heteroatoms. The van der Waals surface area contributed by atoms with Gasteiger partial charge in [0.05, 0.1) is 11.2 Å². The highest BCUT2D eigenvalue weighted by Gasteiger charge is 2.08. The van der Waals surface area contributed by atoms with Crippen LogP contribution in [0.5, 0.6) is 0 Å². The largest absolute Gasteiger partial charge is 0.248 e. The molecule has 0 aliphatic carbocycles. The maximum atomic E-state index is 6.01. The first-order valence-corrected chi connectivity index (χ1v) is 6.04. The van der Waals surface area contributed by atoms with Gasteiger partial charge in [-0.2, -0.15) is 0 Å². The lowest BCUT2D eigenvalue weighted by molar-refractivity contribution is 1.03. The molecule has 0 amide bonds. The zero-order valence-corrected chi connectivity index (χ0v) is 10.7. The molecule has 0 bridgehead atoms. The van der Waals surface area contributed by atoms with Crippen LogP contribution in [0.3, 0.4) is 0 Å². The molecule has 0 aliphatic heterocycles. The highest BCUT2D eigenvalue weighted by molar-refractivity contribution is 6.33. The molecule has 2 heterocycles. The van der Waals surface area contributed by atoms with Crippen molar-refractivity contribution in [1.29, 1.82) is 0 Å². The summed E-state index contributed by atoms with van der Waals surface area (Å²) in [6.07, 6.45) is 0. The van der Waals surface area contributed by atoms with Crippen LogP contribution >= 0.6 is 23.2 Å². The van der Waals surface area contributed by atoms with E-state index in [4.69, 9.17) is 23.2 Å². The summed E-state index contributed by atoms with van der Waals surface area (Å²) in [5.74, 6) is 0. The Morgan fingerprint density at radius 2 is 1.72 bits per heavy atom. The van der Waals surface area contributed by atoms with Crippen molar-refractivity contribution < 1.29 is 0 Å². The SMILES string of the molecule is Clc1cc(-c2ccc3ccccc3n2)c(Cl)nn1. The van der Waals surface area contributed by atoms with Gasteiger partial charge in [0.2, 0.25) is 0 Å². The summed E-state index contributed by atoms with van der Waals surface area (Å²) in [4.78, 5) is 4.54.